The van der Waals surface area contributed by atoms with Crippen LogP contribution < -0.4 is 15.1 Å². The zero-order valence-electron chi connectivity index (χ0n) is 15.1. The molecular weight excluding hydrogens is 324 g/mol. The second-order valence-electron chi connectivity index (χ2n) is 6.60. The molecule has 132 valence electrons. The number of pyridine rings is 1. The van der Waals surface area contributed by atoms with Crippen molar-refractivity contribution in [2.24, 2.45) is 0 Å². The molecular formula is C20H22N6. The van der Waals surface area contributed by atoms with E-state index in [-0.39, 0.29) is 0 Å². The van der Waals surface area contributed by atoms with Crippen LogP contribution in [0, 0.1) is 0 Å². The first-order valence-corrected chi connectivity index (χ1v) is 8.71. The third-order valence-corrected chi connectivity index (χ3v) is 4.48. The van der Waals surface area contributed by atoms with Crippen LogP contribution in [0.3, 0.4) is 0 Å². The molecule has 1 aliphatic heterocycles. The Labute approximate surface area is 153 Å². The van der Waals surface area contributed by atoms with Crippen molar-refractivity contribution >= 4 is 17.6 Å². The van der Waals surface area contributed by atoms with Crippen LogP contribution in [-0.2, 0) is 19.6 Å². The first-order valence-electron chi connectivity index (χ1n) is 8.71. The van der Waals surface area contributed by atoms with Crippen molar-refractivity contribution < 1.29 is 0 Å². The Morgan fingerprint density at radius 1 is 0.962 bits per heavy atom. The minimum atomic E-state index is 0.589. The molecule has 1 aromatic carbocycles. The first kappa shape index (κ1) is 16.3. The molecule has 0 aliphatic carbocycles. The molecule has 0 amide bonds. The normalized spacial score (nSPS) is 12.8. The molecule has 6 nitrogen and oxygen atoms in total. The number of anilines is 3. The van der Waals surface area contributed by atoms with Gasteiger partial charge in [-0.05, 0) is 29.3 Å². The highest BCUT2D eigenvalue weighted by Gasteiger charge is 2.19. The van der Waals surface area contributed by atoms with Crippen LogP contribution in [0.15, 0.2) is 54.7 Å². The highest BCUT2D eigenvalue weighted by Crippen LogP contribution is 2.26. The number of aromatic nitrogens is 3. The average Bonchev–Trinajstić information content (AvgIpc) is 3.11. The van der Waals surface area contributed by atoms with Crippen molar-refractivity contribution in [1.82, 2.24) is 15.0 Å². The lowest BCUT2D eigenvalue weighted by atomic mass is 10.1. The highest BCUT2D eigenvalue weighted by atomic mass is 15.2. The molecule has 1 N–H and O–H groups in total. The number of benzene rings is 1. The summed E-state index contributed by atoms with van der Waals surface area (Å²) in [4.78, 5) is 17.9. The molecule has 0 radical (unpaired) electrons. The van der Waals surface area contributed by atoms with Gasteiger partial charge in [-0.15, -0.1) is 0 Å². The molecule has 2 aromatic heterocycles. The molecule has 3 aromatic rings. The van der Waals surface area contributed by atoms with E-state index in [1.165, 1.54) is 11.1 Å². The van der Waals surface area contributed by atoms with E-state index in [1.54, 1.807) is 6.20 Å². The summed E-state index contributed by atoms with van der Waals surface area (Å²) in [6.45, 7) is 2.36. The summed E-state index contributed by atoms with van der Waals surface area (Å²) < 4.78 is 0. The molecule has 0 bridgehead atoms. The summed E-state index contributed by atoms with van der Waals surface area (Å²) in [6, 6.07) is 16.5. The second-order valence-corrected chi connectivity index (χ2v) is 6.60. The summed E-state index contributed by atoms with van der Waals surface area (Å²) in [5, 5.41) is 3.28. The van der Waals surface area contributed by atoms with Crippen LogP contribution in [0.5, 0.6) is 0 Å². The molecule has 0 atom stereocenters. The lowest BCUT2D eigenvalue weighted by molar-refractivity contribution is 0.849. The molecule has 26 heavy (non-hydrogen) atoms. The smallest absolute Gasteiger partial charge is 0.224 e. The van der Waals surface area contributed by atoms with Gasteiger partial charge in [0.1, 0.15) is 11.6 Å². The molecule has 0 unspecified atom stereocenters. The molecule has 6 heteroatoms. The number of fused-ring (bicyclic) bond motifs is 1. The molecule has 4 rings (SSSR count). The van der Waals surface area contributed by atoms with Gasteiger partial charge in [0.15, 0.2) is 0 Å². The lowest BCUT2D eigenvalue weighted by Gasteiger charge is -2.17. The van der Waals surface area contributed by atoms with Gasteiger partial charge in [0.25, 0.3) is 0 Å². The zero-order chi connectivity index (χ0) is 17.9. The molecule has 0 fully saturated rings. The zero-order valence-corrected chi connectivity index (χ0v) is 15.1. The van der Waals surface area contributed by atoms with Gasteiger partial charge in [0.2, 0.25) is 5.95 Å². The van der Waals surface area contributed by atoms with Gasteiger partial charge in [0, 0.05) is 33.4 Å². The summed E-state index contributed by atoms with van der Waals surface area (Å²) in [6.07, 6.45) is 1.80. The molecule has 0 saturated heterocycles. The van der Waals surface area contributed by atoms with Gasteiger partial charge in [-0.2, -0.15) is 4.98 Å². The average molecular weight is 346 g/mol. The Balaban J connectivity index is 1.45. The Morgan fingerprint density at radius 2 is 1.73 bits per heavy atom. The maximum Gasteiger partial charge on any atom is 0.224 e. The van der Waals surface area contributed by atoms with E-state index in [0.29, 0.717) is 12.5 Å². The Bertz CT molecular complexity index is 883. The fourth-order valence-electron chi connectivity index (χ4n) is 3.09. The third kappa shape index (κ3) is 3.44. The summed E-state index contributed by atoms with van der Waals surface area (Å²) >= 11 is 0. The van der Waals surface area contributed by atoms with E-state index in [9.17, 15) is 0 Å². The van der Waals surface area contributed by atoms with Gasteiger partial charge >= 0.3 is 0 Å². The minimum Gasteiger partial charge on any atom is -0.363 e. The minimum absolute atomic E-state index is 0.589. The van der Waals surface area contributed by atoms with Crippen molar-refractivity contribution in [3.63, 3.8) is 0 Å². The van der Waals surface area contributed by atoms with E-state index in [1.807, 2.05) is 43.3 Å². The van der Waals surface area contributed by atoms with Crippen molar-refractivity contribution in [3.05, 3.63) is 71.5 Å². The van der Waals surface area contributed by atoms with Gasteiger partial charge in [-0.1, -0.05) is 30.3 Å². The number of nitrogens with zero attached hydrogens (tertiary/aromatic N) is 5. The standard InChI is InChI=1S/C20H22N6/c1-25(2)18-9-5-8-17(23-18)12-22-20-21-11-10-19(24-20)26-13-15-6-3-4-7-16(15)14-26/h3-11H,12-14H2,1-2H3,(H,21,22,24). The Hall–Kier alpha value is -3.15. The highest BCUT2D eigenvalue weighted by molar-refractivity contribution is 5.49. The van der Waals surface area contributed by atoms with Crippen LogP contribution in [0.1, 0.15) is 16.8 Å². The quantitative estimate of drug-likeness (QED) is 0.766. The van der Waals surface area contributed by atoms with Crippen molar-refractivity contribution in [3.8, 4) is 0 Å². The summed E-state index contributed by atoms with van der Waals surface area (Å²) in [5.41, 5.74) is 3.69. The van der Waals surface area contributed by atoms with Crippen LogP contribution in [-0.4, -0.2) is 29.0 Å². The van der Waals surface area contributed by atoms with Gasteiger partial charge in [-0.3, -0.25) is 0 Å². The Morgan fingerprint density at radius 3 is 2.46 bits per heavy atom. The van der Waals surface area contributed by atoms with Crippen LogP contribution >= 0.6 is 0 Å². The van der Waals surface area contributed by atoms with Crippen LogP contribution in [0.4, 0.5) is 17.6 Å². The van der Waals surface area contributed by atoms with Crippen molar-refractivity contribution in [2.75, 3.05) is 29.2 Å². The van der Waals surface area contributed by atoms with Gasteiger partial charge < -0.3 is 15.1 Å². The van der Waals surface area contributed by atoms with Gasteiger partial charge in [-0.25, -0.2) is 9.97 Å². The maximum atomic E-state index is 4.68. The summed E-state index contributed by atoms with van der Waals surface area (Å²) in [5.74, 6) is 2.50. The lowest BCUT2D eigenvalue weighted by Crippen LogP contribution is -2.17. The van der Waals surface area contributed by atoms with Crippen molar-refractivity contribution in [1.29, 1.82) is 0 Å². The topological polar surface area (TPSA) is 57.2 Å². The fraction of sp³-hybridized carbons (Fsp3) is 0.250. The predicted molar refractivity (Wildman–Crippen MR) is 104 cm³/mol. The van der Waals surface area contributed by atoms with E-state index < -0.39 is 0 Å². The predicted octanol–water partition coefficient (Wildman–Crippen LogP) is 3.07. The number of rotatable bonds is 5. The van der Waals surface area contributed by atoms with Crippen LogP contribution in [0.2, 0.25) is 0 Å². The van der Waals surface area contributed by atoms with E-state index in [4.69, 9.17) is 0 Å². The molecule has 0 spiro atoms. The third-order valence-electron chi connectivity index (χ3n) is 4.48. The van der Waals surface area contributed by atoms with E-state index in [2.05, 4.69) is 49.4 Å². The van der Waals surface area contributed by atoms with Crippen molar-refractivity contribution in [2.45, 2.75) is 19.6 Å². The molecule has 3 heterocycles. The monoisotopic (exact) mass is 346 g/mol. The van der Waals surface area contributed by atoms with E-state index >= 15 is 0 Å². The number of hydrogen-bond donors (Lipinski definition) is 1. The van der Waals surface area contributed by atoms with Crippen LogP contribution in [0.25, 0.3) is 0 Å². The second kappa shape index (κ2) is 7.00. The fourth-order valence-corrected chi connectivity index (χ4v) is 3.09. The Kier molecular flexibility index (Phi) is 4.39. The number of nitrogens with one attached hydrogen (secondary N) is 1. The van der Waals surface area contributed by atoms with E-state index in [0.717, 1.165) is 30.4 Å². The maximum absolute atomic E-state index is 4.68. The summed E-state index contributed by atoms with van der Waals surface area (Å²) in [7, 11) is 3.97. The largest absolute Gasteiger partial charge is 0.363 e. The van der Waals surface area contributed by atoms with Gasteiger partial charge in [0.05, 0.1) is 12.2 Å². The first-order chi connectivity index (χ1) is 12.7. The molecule has 0 saturated carbocycles. The SMILES string of the molecule is CN(C)c1cccc(CNc2nccc(N3Cc4ccccc4C3)n2)n1. The number of hydrogen-bond acceptors (Lipinski definition) is 6. The molecule has 1 aliphatic rings.